The van der Waals surface area contributed by atoms with Gasteiger partial charge in [0.25, 0.3) is 0 Å². The minimum Gasteiger partial charge on any atom is -0.379 e. The molecule has 0 aromatic rings. The van der Waals surface area contributed by atoms with Crippen LogP contribution in [-0.4, -0.2) is 75.8 Å². The fourth-order valence-electron chi connectivity index (χ4n) is 2.77. The number of rotatable bonds is 9. The average molecular weight is 469 g/mol. The van der Waals surface area contributed by atoms with Crippen molar-refractivity contribution in [3.05, 3.63) is 0 Å². The molecular formula is C17H36IN5O2. The van der Waals surface area contributed by atoms with Gasteiger partial charge in [-0.05, 0) is 18.8 Å². The van der Waals surface area contributed by atoms with E-state index >= 15 is 0 Å². The maximum absolute atomic E-state index is 11.7. The van der Waals surface area contributed by atoms with Crippen LogP contribution < -0.4 is 16.0 Å². The second kappa shape index (κ2) is 14.5. The van der Waals surface area contributed by atoms with Crippen molar-refractivity contribution in [3.63, 3.8) is 0 Å². The van der Waals surface area contributed by atoms with E-state index in [2.05, 4.69) is 39.7 Å². The molecule has 1 saturated heterocycles. The quantitative estimate of drug-likeness (QED) is 0.267. The second-order valence-corrected chi connectivity index (χ2v) is 6.59. The Kier molecular flexibility index (Phi) is 14.2. The van der Waals surface area contributed by atoms with Crippen LogP contribution in [0.4, 0.5) is 0 Å². The highest BCUT2D eigenvalue weighted by molar-refractivity contribution is 14.0. The van der Waals surface area contributed by atoms with Crippen molar-refractivity contribution < 1.29 is 9.53 Å². The Labute approximate surface area is 169 Å². The Bertz CT molecular complexity index is 387. The van der Waals surface area contributed by atoms with Gasteiger partial charge in [-0.15, -0.1) is 24.0 Å². The molecule has 1 atom stereocenters. The lowest BCUT2D eigenvalue weighted by Crippen LogP contribution is -2.51. The van der Waals surface area contributed by atoms with E-state index in [1.54, 1.807) is 7.05 Å². The summed E-state index contributed by atoms with van der Waals surface area (Å²) in [6.45, 7) is 11.9. The van der Waals surface area contributed by atoms with E-state index < -0.39 is 0 Å². The monoisotopic (exact) mass is 469 g/mol. The molecule has 1 amide bonds. The topological polar surface area (TPSA) is 78.0 Å². The minimum absolute atomic E-state index is 0. The van der Waals surface area contributed by atoms with Crippen molar-refractivity contribution in [2.45, 2.75) is 39.7 Å². The highest BCUT2D eigenvalue weighted by atomic mass is 127. The molecule has 1 heterocycles. The third kappa shape index (κ3) is 10.9. The van der Waals surface area contributed by atoms with Crippen LogP contribution in [0.15, 0.2) is 4.99 Å². The Morgan fingerprint density at radius 1 is 1.20 bits per heavy atom. The molecule has 0 aromatic heterocycles. The third-order valence-corrected chi connectivity index (χ3v) is 4.02. The van der Waals surface area contributed by atoms with E-state index in [1.165, 1.54) is 0 Å². The number of nitrogens with one attached hydrogen (secondary N) is 3. The molecular weight excluding hydrogens is 433 g/mol. The van der Waals surface area contributed by atoms with Crippen LogP contribution >= 0.6 is 24.0 Å². The van der Waals surface area contributed by atoms with Gasteiger partial charge in [-0.3, -0.25) is 14.7 Å². The van der Waals surface area contributed by atoms with Gasteiger partial charge in [0.15, 0.2) is 5.96 Å². The number of carbonyl (C=O) groups is 1. The highest BCUT2D eigenvalue weighted by Gasteiger charge is 2.22. The van der Waals surface area contributed by atoms with E-state index in [1.807, 2.05) is 6.92 Å². The van der Waals surface area contributed by atoms with E-state index in [4.69, 9.17) is 4.74 Å². The number of aliphatic imine (C=N–C) groups is 1. The number of hydrogen-bond donors (Lipinski definition) is 3. The maximum Gasteiger partial charge on any atom is 0.239 e. The lowest BCUT2D eigenvalue weighted by Gasteiger charge is -2.35. The Hall–Kier alpha value is -0.610. The molecule has 1 rings (SSSR count). The molecule has 0 saturated carbocycles. The van der Waals surface area contributed by atoms with Gasteiger partial charge in [0.2, 0.25) is 5.91 Å². The fourth-order valence-corrected chi connectivity index (χ4v) is 2.77. The molecule has 25 heavy (non-hydrogen) atoms. The van der Waals surface area contributed by atoms with Crippen molar-refractivity contribution in [1.29, 1.82) is 0 Å². The standard InChI is InChI=1S/C17H35N5O2.HI/c1-5-6-19-16(23)13-21-17(18-4)20-12-15(11-14(2)3)22-7-9-24-10-8-22;/h14-15H,5-13H2,1-4H3,(H,19,23)(H2,18,20,21);1H. The van der Waals surface area contributed by atoms with Crippen LogP contribution in [0, 0.1) is 5.92 Å². The number of guanidine groups is 1. The number of ether oxygens (including phenoxy) is 1. The third-order valence-electron chi connectivity index (χ3n) is 4.02. The predicted octanol–water partition coefficient (Wildman–Crippen LogP) is 1.04. The number of carbonyl (C=O) groups excluding carboxylic acids is 1. The zero-order valence-electron chi connectivity index (χ0n) is 16.1. The highest BCUT2D eigenvalue weighted by Crippen LogP contribution is 2.12. The molecule has 0 aliphatic carbocycles. The average Bonchev–Trinajstić information content (AvgIpc) is 2.59. The molecule has 1 aliphatic rings. The first kappa shape index (κ1) is 24.4. The summed E-state index contributed by atoms with van der Waals surface area (Å²) >= 11 is 0. The Morgan fingerprint density at radius 3 is 2.44 bits per heavy atom. The molecule has 1 aliphatic heterocycles. The summed E-state index contributed by atoms with van der Waals surface area (Å²) < 4.78 is 5.46. The largest absolute Gasteiger partial charge is 0.379 e. The first-order chi connectivity index (χ1) is 11.6. The summed E-state index contributed by atoms with van der Waals surface area (Å²) in [6.07, 6.45) is 2.07. The number of nitrogens with zero attached hydrogens (tertiary/aromatic N) is 2. The molecule has 0 aromatic carbocycles. The van der Waals surface area contributed by atoms with Gasteiger partial charge in [-0.1, -0.05) is 20.8 Å². The number of amides is 1. The van der Waals surface area contributed by atoms with Gasteiger partial charge < -0.3 is 20.7 Å². The van der Waals surface area contributed by atoms with Crippen LogP contribution in [0.2, 0.25) is 0 Å². The molecule has 1 fully saturated rings. The second-order valence-electron chi connectivity index (χ2n) is 6.59. The lowest BCUT2D eigenvalue weighted by molar-refractivity contribution is -0.120. The van der Waals surface area contributed by atoms with Gasteiger partial charge in [0.1, 0.15) is 0 Å². The van der Waals surface area contributed by atoms with Crippen molar-refractivity contribution in [2.24, 2.45) is 10.9 Å². The SMILES string of the molecule is CCCNC(=O)CNC(=NC)NCC(CC(C)C)N1CCOCC1.I. The van der Waals surface area contributed by atoms with Crippen LogP contribution in [0.1, 0.15) is 33.6 Å². The summed E-state index contributed by atoms with van der Waals surface area (Å²) in [5.41, 5.74) is 0. The predicted molar refractivity (Wildman–Crippen MR) is 114 cm³/mol. The minimum atomic E-state index is -0.00768. The molecule has 8 heteroatoms. The molecule has 0 spiro atoms. The first-order valence-corrected chi connectivity index (χ1v) is 9.09. The van der Waals surface area contributed by atoms with Gasteiger partial charge in [-0.25, -0.2) is 0 Å². The number of hydrogen-bond acceptors (Lipinski definition) is 4. The molecule has 3 N–H and O–H groups in total. The number of morpholine rings is 1. The smallest absolute Gasteiger partial charge is 0.239 e. The zero-order valence-corrected chi connectivity index (χ0v) is 18.5. The Balaban J connectivity index is 0.00000576. The maximum atomic E-state index is 11.7. The summed E-state index contributed by atoms with van der Waals surface area (Å²) in [7, 11) is 1.73. The molecule has 148 valence electrons. The summed E-state index contributed by atoms with van der Waals surface area (Å²) in [5.74, 6) is 1.30. The molecule has 0 bridgehead atoms. The van der Waals surface area contributed by atoms with E-state index in [-0.39, 0.29) is 36.4 Å². The first-order valence-electron chi connectivity index (χ1n) is 9.09. The van der Waals surface area contributed by atoms with Gasteiger partial charge in [-0.2, -0.15) is 0 Å². The fraction of sp³-hybridized carbons (Fsp3) is 0.882. The van der Waals surface area contributed by atoms with Crippen LogP contribution in [-0.2, 0) is 9.53 Å². The summed E-state index contributed by atoms with van der Waals surface area (Å²) in [4.78, 5) is 18.4. The van der Waals surface area contributed by atoms with E-state index in [9.17, 15) is 4.79 Å². The summed E-state index contributed by atoms with van der Waals surface area (Å²) in [6, 6.07) is 0.446. The van der Waals surface area contributed by atoms with Crippen molar-refractivity contribution in [3.8, 4) is 0 Å². The molecule has 7 nitrogen and oxygen atoms in total. The van der Waals surface area contributed by atoms with Gasteiger partial charge >= 0.3 is 0 Å². The van der Waals surface area contributed by atoms with Crippen LogP contribution in [0.25, 0.3) is 0 Å². The van der Waals surface area contributed by atoms with E-state index in [0.717, 1.165) is 45.7 Å². The summed E-state index contributed by atoms with van der Waals surface area (Å²) in [5, 5.41) is 9.28. The van der Waals surface area contributed by atoms with Crippen molar-refractivity contribution in [1.82, 2.24) is 20.9 Å². The van der Waals surface area contributed by atoms with Gasteiger partial charge in [0.05, 0.1) is 19.8 Å². The lowest BCUT2D eigenvalue weighted by atomic mass is 10.0. The molecule has 0 radical (unpaired) electrons. The van der Waals surface area contributed by atoms with Crippen LogP contribution in [0.5, 0.6) is 0 Å². The van der Waals surface area contributed by atoms with Gasteiger partial charge in [0, 0.05) is 39.3 Å². The van der Waals surface area contributed by atoms with E-state index in [0.29, 0.717) is 24.5 Å². The van der Waals surface area contributed by atoms with Crippen molar-refractivity contribution in [2.75, 3.05) is 53.0 Å². The Morgan fingerprint density at radius 2 is 1.88 bits per heavy atom. The van der Waals surface area contributed by atoms with Crippen molar-refractivity contribution >= 4 is 35.8 Å². The van der Waals surface area contributed by atoms with Crippen LogP contribution in [0.3, 0.4) is 0 Å². The molecule has 1 unspecified atom stereocenters. The number of halogens is 1. The normalized spacial score (nSPS) is 16.9. The zero-order chi connectivity index (χ0) is 17.8.